The molecule has 0 amide bonds. The van der Waals surface area contributed by atoms with E-state index in [0.717, 1.165) is 0 Å². The Morgan fingerprint density at radius 3 is 1.75 bits per heavy atom. The number of hydrogen-bond acceptors (Lipinski definition) is 1. The monoisotopic (exact) mass is 236 g/mol. The molecule has 0 heterocycles. The van der Waals surface area contributed by atoms with Crippen LogP contribution < -0.4 is 0 Å². The summed E-state index contributed by atoms with van der Waals surface area (Å²) < 4.78 is 5.27. The fourth-order valence-corrected chi connectivity index (χ4v) is 1.42. The molecule has 0 saturated heterocycles. The fraction of sp³-hybridized carbons (Fsp3) is 0.714. The van der Waals surface area contributed by atoms with Crippen molar-refractivity contribution in [3.63, 3.8) is 0 Å². The number of rotatable bonds is 1. The van der Waals surface area contributed by atoms with E-state index in [-0.39, 0.29) is 5.41 Å². The third-order valence-electron chi connectivity index (χ3n) is 1.94. The highest BCUT2D eigenvalue weighted by atomic mass is 28.3. The summed E-state index contributed by atoms with van der Waals surface area (Å²) in [7, 11) is 0.366. The van der Waals surface area contributed by atoms with E-state index in [1.165, 1.54) is 0 Å². The first-order valence-electron chi connectivity index (χ1n) is 5.61. The van der Waals surface area contributed by atoms with Crippen molar-refractivity contribution < 1.29 is 4.74 Å². The van der Waals surface area contributed by atoms with Gasteiger partial charge < -0.3 is 4.74 Å². The average Bonchev–Trinajstić information content (AvgIpc) is 2.12. The van der Waals surface area contributed by atoms with Gasteiger partial charge in [-0.3, -0.25) is 0 Å². The van der Waals surface area contributed by atoms with Crippen LogP contribution in [0, 0.1) is 28.7 Å². The zero-order chi connectivity index (χ0) is 13.0. The molecule has 2 heteroatoms. The molecular weight excluding hydrogens is 212 g/mol. The maximum Gasteiger partial charge on any atom is 0.129 e. The second kappa shape index (κ2) is 5.08. The Kier molecular flexibility index (Phi) is 4.86. The molecule has 0 aliphatic rings. The Hall–Kier alpha value is -0.703. The number of ether oxygens (including phenoxy) is 1. The van der Waals surface area contributed by atoms with Crippen molar-refractivity contribution in [2.24, 2.45) is 5.41 Å². The summed E-state index contributed by atoms with van der Waals surface area (Å²) >= 11 is 0. The van der Waals surface area contributed by atoms with Crippen LogP contribution in [0.25, 0.3) is 0 Å². The van der Waals surface area contributed by atoms with Gasteiger partial charge in [0.05, 0.1) is 5.41 Å². The van der Waals surface area contributed by atoms with Gasteiger partial charge in [-0.15, -0.1) is 5.54 Å². The van der Waals surface area contributed by atoms with E-state index in [0.29, 0.717) is 0 Å². The summed E-state index contributed by atoms with van der Waals surface area (Å²) in [5.41, 5.74) is 2.72. The van der Waals surface area contributed by atoms with E-state index >= 15 is 0 Å². The molecule has 0 unspecified atom stereocenters. The molecule has 0 aliphatic carbocycles. The Morgan fingerprint density at radius 1 is 0.875 bits per heavy atom. The first kappa shape index (κ1) is 15.3. The second-order valence-electron chi connectivity index (χ2n) is 6.09. The summed E-state index contributed by atoms with van der Waals surface area (Å²) in [4.78, 5) is 0. The molecule has 0 saturated carbocycles. The lowest BCUT2D eigenvalue weighted by atomic mass is 9.94. The van der Waals surface area contributed by atoms with E-state index in [4.69, 9.17) is 4.74 Å². The van der Waals surface area contributed by atoms with Crippen molar-refractivity contribution in [1.29, 1.82) is 0 Å². The van der Waals surface area contributed by atoms with E-state index in [1.807, 2.05) is 13.8 Å². The van der Waals surface area contributed by atoms with Gasteiger partial charge in [0.15, 0.2) is 0 Å². The SMILES string of the molecule is COC(C)(C)C#CC(C)(C)C#C[Si](C)(C)C. The van der Waals surface area contributed by atoms with Crippen molar-refractivity contribution in [3.05, 3.63) is 0 Å². The molecule has 16 heavy (non-hydrogen) atoms. The highest BCUT2D eigenvalue weighted by Gasteiger charge is 2.16. The van der Waals surface area contributed by atoms with Crippen molar-refractivity contribution in [3.8, 4) is 23.3 Å². The molecule has 0 radical (unpaired) electrons. The Balaban J connectivity index is 4.88. The molecular formula is C14H24OSi. The average molecular weight is 236 g/mol. The van der Waals surface area contributed by atoms with Gasteiger partial charge in [-0.2, -0.15) is 0 Å². The Labute approximate surface area is 102 Å². The summed E-state index contributed by atoms with van der Waals surface area (Å²) in [6.45, 7) is 14.7. The van der Waals surface area contributed by atoms with Gasteiger partial charge in [-0.1, -0.05) is 37.4 Å². The second-order valence-corrected chi connectivity index (χ2v) is 10.8. The predicted octanol–water partition coefficient (Wildman–Crippen LogP) is 3.32. The zero-order valence-corrected chi connectivity index (χ0v) is 12.9. The fourth-order valence-electron chi connectivity index (χ4n) is 0.733. The van der Waals surface area contributed by atoms with E-state index in [1.54, 1.807) is 7.11 Å². The predicted molar refractivity (Wildman–Crippen MR) is 73.8 cm³/mol. The van der Waals surface area contributed by atoms with Crippen LogP contribution in [0.5, 0.6) is 0 Å². The third-order valence-corrected chi connectivity index (χ3v) is 2.81. The summed E-state index contributed by atoms with van der Waals surface area (Å²) in [5, 5.41) is 0. The van der Waals surface area contributed by atoms with Crippen LogP contribution in [-0.2, 0) is 4.74 Å². The molecule has 0 spiro atoms. The number of methoxy groups -OCH3 is 1. The van der Waals surface area contributed by atoms with Gasteiger partial charge in [0.2, 0.25) is 0 Å². The first-order valence-corrected chi connectivity index (χ1v) is 9.11. The standard InChI is InChI=1S/C14H24OSi/c1-13(2,11-12-16(6,7)8)9-10-14(3,4)15-5/h1-8H3. The summed E-state index contributed by atoms with van der Waals surface area (Å²) in [5.74, 6) is 9.60. The summed E-state index contributed by atoms with van der Waals surface area (Å²) in [6.07, 6.45) is 0. The Bertz CT molecular complexity index is 350. The minimum atomic E-state index is -1.31. The van der Waals surface area contributed by atoms with Gasteiger partial charge in [-0.25, -0.2) is 0 Å². The molecule has 0 N–H and O–H groups in total. The molecule has 0 aromatic carbocycles. The highest BCUT2D eigenvalue weighted by molar-refractivity contribution is 6.83. The molecule has 0 rings (SSSR count). The van der Waals surface area contributed by atoms with Crippen LogP contribution in [0.2, 0.25) is 19.6 Å². The van der Waals surface area contributed by atoms with E-state index in [2.05, 4.69) is 56.8 Å². The van der Waals surface area contributed by atoms with Crippen LogP contribution in [-0.4, -0.2) is 20.8 Å². The zero-order valence-electron chi connectivity index (χ0n) is 11.9. The van der Waals surface area contributed by atoms with Crippen molar-refractivity contribution in [2.45, 2.75) is 52.9 Å². The van der Waals surface area contributed by atoms with Gasteiger partial charge in [0, 0.05) is 7.11 Å². The van der Waals surface area contributed by atoms with Crippen LogP contribution >= 0.6 is 0 Å². The van der Waals surface area contributed by atoms with Crippen molar-refractivity contribution in [1.82, 2.24) is 0 Å². The van der Waals surface area contributed by atoms with E-state index in [9.17, 15) is 0 Å². The normalized spacial score (nSPS) is 12.2. The maximum atomic E-state index is 5.27. The van der Waals surface area contributed by atoms with Crippen molar-refractivity contribution >= 4 is 8.07 Å². The van der Waals surface area contributed by atoms with Crippen molar-refractivity contribution in [2.75, 3.05) is 7.11 Å². The minimum Gasteiger partial charge on any atom is -0.366 e. The topological polar surface area (TPSA) is 9.23 Å². The van der Waals surface area contributed by atoms with Crippen LogP contribution in [0.15, 0.2) is 0 Å². The van der Waals surface area contributed by atoms with Crippen LogP contribution in [0.4, 0.5) is 0 Å². The minimum absolute atomic E-state index is 0.254. The third kappa shape index (κ3) is 7.57. The highest BCUT2D eigenvalue weighted by Crippen LogP contribution is 2.14. The lowest BCUT2D eigenvalue weighted by Gasteiger charge is -2.17. The lowest BCUT2D eigenvalue weighted by Crippen LogP contribution is -2.21. The maximum absolute atomic E-state index is 5.27. The van der Waals surface area contributed by atoms with Gasteiger partial charge >= 0.3 is 0 Å². The molecule has 90 valence electrons. The Morgan fingerprint density at radius 2 is 1.38 bits per heavy atom. The molecule has 0 aromatic rings. The molecule has 0 aliphatic heterocycles. The smallest absolute Gasteiger partial charge is 0.129 e. The molecule has 0 fully saturated rings. The quantitative estimate of drug-likeness (QED) is 0.501. The number of hydrogen-bond donors (Lipinski definition) is 0. The van der Waals surface area contributed by atoms with Gasteiger partial charge in [0.1, 0.15) is 13.7 Å². The molecule has 0 aromatic heterocycles. The lowest BCUT2D eigenvalue weighted by molar-refractivity contribution is 0.0739. The largest absolute Gasteiger partial charge is 0.366 e. The van der Waals surface area contributed by atoms with Crippen LogP contribution in [0.3, 0.4) is 0 Å². The van der Waals surface area contributed by atoms with E-state index < -0.39 is 13.7 Å². The summed E-state index contributed by atoms with van der Waals surface area (Å²) in [6, 6.07) is 0. The molecule has 0 bridgehead atoms. The molecule has 1 nitrogen and oxygen atoms in total. The van der Waals surface area contributed by atoms with Crippen LogP contribution in [0.1, 0.15) is 27.7 Å². The van der Waals surface area contributed by atoms with Gasteiger partial charge in [0.25, 0.3) is 0 Å². The van der Waals surface area contributed by atoms with Gasteiger partial charge in [-0.05, 0) is 27.7 Å². The first-order chi connectivity index (χ1) is 6.97. The molecule has 0 atom stereocenters.